The number of nitrogens with one attached hydrogen (secondary N) is 1. The van der Waals surface area contributed by atoms with Crippen LogP contribution in [0, 0.1) is 0 Å². The predicted molar refractivity (Wildman–Crippen MR) is 183 cm³/mol. The molecule has 9 heteroatoms. The number of amides is 1. The lowest BCUT2D eigenvalue weighted by molar-refractivity contribution is 0.102. The summed E-state index contributed by atoms with van der Waals surface area (Å²) in [5.74, 6) is -0.517. The molecule has 0 saturated heterocycles. The minimum absolute atomic E-state index is 0.0501. The summed E-state index contributed by atoms with van der Waals surface area (Å²) in [6.07, 6.45) is 9.77. The third-order valence-electron chi connectivity index (χ3n) is 8.85. The van der Waals surface area contributed by atoms with Gasteiger partial charge in [-0.25, -0.2) is 4.98 Å². The lowest BCUT2D eigenvalue weighted by atomic mass is 9.92. The van der Waals surface area contributed by atoms with Crippen LogP contribution >= 0.6 is 11.6 Å². The third-order valence-corrected chi connectivity index (χ3v) is 14.2. The molecule has 2 aromatic carbocycles. The Kier molecular flexibility index (Phi) is 8.73. The third kappa shape index (κ3) is 5.98. The first-order chi connectivity index (χ1) is 21.7. The van der Waals surface area contributed by atoms with Crippen LogP contribution in [-0.4, -0.2) is 34.9 Å². The van der Waals surface area contributed by atoms with Gasteiger partial charge < -0.3 is 14.3 Å². The zero-order valence-corrected chi connectivity index (χ0v) is 27.5. The van der Waals surface area contributed by atoms with Gasteiger partial charge in [-0.2, -0.15) is 0 Å². The zero-order valence-electron chi connectivity index (χ0n) is 25.7. The molecular weight excluding hydrogens is 600 g/mol. The number of carbonyl (C=O) groups is 1. The Hall–Kier alpha value is -4.11. The molecule has 5 aromatic rings. The van der Waals surface area contributed by atoms with Crippen LogP contribution < -0.4 is 21.1 Å². The van der Waals surface area contributed by atoms with E-state index in [0.29, 0.717) is 21.7 Å². The molecule has 1 amide bonds. The lowest BCUT2D eigenvalue weighted by Gasteiger charge is -2.46. The number of anilines is 1. The van der Waals surface area contributed by atoms with Crippen molar-refractivity contribution >= 4 is 52.9 Å². The van der Waals surface area contributed by atoms with Gasteiger partial charge in [0.15, 0.2) is 0 Å². The summed E-state index contributed by atoms with van der Waals surface area (Å²) < 4.78 is 9.44. The van der Waals surface area contributed by atoms with Gasteiger partial charge in [0.1, 0.15) is 11.2 Å². The molecule has 0 bridgehead atoms. The van der Waals surface area contributed by atoms with Crippen LogP contribution in [0.15, 0.2) is 108 Å². The van der Waals surface area contributed by atoms with E-state index in [1.165, 1.54) is 22.8 Å². The van der Waals surface area contributed by atoms with Crippen LogP contribution in [-0.2, 0) is 4.43 Å². The Morgan fingerprint density at radius 2 is 1.56 bits per heavy atom. The van der Waals surface area contributed by atoms with E-state index >= 15 is 0 Å². The number of carbonyl (C=O) groups excluding carboxylic acids is 1. The predicted octanol–water partition coefficient (Wildman–Crippen LogP) is 6.76. The maximum absolute atomic E-state index is 13.5. The molecule has 45 heavy (non-hydrogen) atoms. The van der Waals surface area contributed by atoms with Crippen molar-refractivity contribution in [3.63, 3.8) is 0 Å². The Bertz CT molecular complexity index is 1830. The van der Waals surface area contributed by atoms with Gasteiger partial charge in [-0.05, 0) is 59.3 Å². The summed E-state index contributed by atoms with van der Waals surface area (Å²) in [5.41, 5.74) is 0.669. The average Bonchev–Trinajstić information content (AvgIpc) is 3.05. The van der Waals surface area contributed by atoms with Crippen LogP contribution in [0.25, 0.3) is 11.0 Å². The van der Waals surface area contributed by atoms with Gasteiger partial charge in [0.25, 0.3) is 14.2 Å². The van der Waals surface area contributed by atoms with E-state index in [1.54, 1.807) is 30.6 Å². The fraction of sp³-hybridized carbons (Fsp3) is 0.278. The highest BCUT2D eigenvalue weighted by atomic mass is 35.5. The van der Waals surface area contributed by atoms with Crippen molar-refractivity contribution in [2.45, 2.75) is 63.6 Å². The number of hydrogen-bond donors (Lipinski definition) is 1. The Morgan fingerprint density at radius 3 is 2.16 bits per heavy atom. The maximum atomic E-state index is 13.5. The number of benzene rings is 2. The molecule has 1 fully saturated rings. The summed E-state index contributed by atoms with van der Waals surface area (Å²) in [5, 5.41) is 5.93. The number of aromatic nitrogens is 3. The summed E-state index contributed by atoms with van der Waals surface area (Å²) >= 11 is 6.23. The van der Waals surface area contributed by atoms with Crippen LogP contribution in [0.2, 0.25) is 10.1 Å². The summed E-state index contributed by atoms with van der Waals surface area (Å²) in [4.78, 5) is 35.4. The zero-order chi connectivity index (χ0) is 31.6. The summed E-state index contributed by atoms with van der Waals surface area (Å²) in [7, 11) is -2.68. The monoisotopic (exact) mass is 636 g/mol. The minimum atomic E-state index is -2.68. The van der Waals surface area contributed by atoms with Gasteiger partial charge in [-0.3, -0.25) is 14.6 Å². The Labute approximate surface area is 269 Å². The maximum Gasteiger partial charge on any atom is 0.261 e. The van der Waals surface area contributed by atoms with Crippen LogP contribution in [0.4, 0.5) is 5.69 Å². The fourth-order valence-corrected chi connectivity index (χ4v) is 11.6. The molecule has 3 aromatic heterocycles. The number of rotatable bonds is 7. The molecule has 3 heterocycles. The van der Waals surface area contributed by atoms with Gasteiger partial charge in [0.2, 0.25) is 5.43 Å². The highest BCUT2D eigenvalue weighted by Crippen LogP contribution is 2.40. The van der Waals surface area contributed by atoms with Gasteiger partial charge in [-0.15, -0.1) is 0 Å². The standard InChI is InChI=1S/C36H37ClN4O3Si/c1-36(2,3)45(27-11-6-4-7-12-27,28-13-8-5-9-14-28)44-26-18-16-25(17-19-26)41-24-30(33(42)29-15-10-21-39-34(29)41)35(43)40-32-20-22-38-23-31(32)37/h4-15,20-26H,16-19H2,1-3H3,(H,38,40,43)/t25-,26-. The van der Waals surface area contributed by atoms with E-state index in [4.69, 9.17) is 16.0 Å². The number of pyridine rings is 3. The molecule has 0 unspecified atom stereocenters. The van der Waals surface area contributed by atoms with E-state index in [9.17, 15) is 9.59 Å². The van der Waals surface area contributed by atoms with Crippen molar-refractivity contribution in [1.82, 2.24) is 14.5 Å². The molecule has 230 valence electrons. The largest absolute Gasteiger partial charge is 0.404 e. The number of halogens is 1. The molecule has 0 spiro atoms. The highest BCUT2D eigenvalue weighted by molar-refractivity contribution is 6.99. The van der Waals surface area contributed by atoms with Crippen molar-refractivity contribution in [1.29, 1.82) is 0 Å². The second-order valence-electron chi connectivity index (χ2n) is 12.7. The number of nitrogens with zero attached hydrogens (tertiary/aromatic N) is 3. The molecule has 7 nitrogen and oxygen atoms in total. The number of fused-ring (bicyclic) bond motifs is 1. The smallest absolute Gasteiger partial charge is 0.261 e. The van der Waals surface area contributed by atoms with Crippen LogP contribution in [0.1, 0.15) is 62.9 Å². The topological polar surface area (TPSA) is 86.1 Å². The molecule has 1 saturated carbocycles. The lowest BCUT2D eigenvalue weighted by Crippen LogP contribution is -2.67. The number of hydrogen-bond acceptors (Lipinski definition) is 5. The molecule has 0 aliphatic heterocycles. The molecule has 1 aliphatic rings. The van der Waals surface area contributed by atoms with Gasteiger partial charge in [0.05, 0.1) is 16.1 Å². The van der Waals surface area contributed by atoms with Crippen molar-refractivity contribution in [2.24, 2.45) is 0 Å². The molecule has 6 rings (SSSR count). The van der Waals surface area contributed by atoms with Gasteiger partial charge >= 0.3 is 0 Å². The average molecular weight is 637 g/mol. The first-order valence-electron chi connectivity index (χ1n) is 15.4. The van der Waals surface area contributed by atoms with Crippen LogP contribution in [0.3, 0.4) is 0 Å². The Morgan fingerprint density at radius 1 is 0.911 bits per heavy atom. The quantitative estimate of drug-likeness (QED) is 0.200. The molecule has 1 aliphatic carbocycles. The van der Waals surface area contributed by atoms with Crippen LogP contribution in [0.5, 0.6) is 0 Å². The van der Waals surface area contributed by atoms with Crippen molar-refractivity contribution < 1.29 is 9.22 Å². The minimum Gasteiger partial charge on any atom is -0.404 e. The SMILES string of the molecule is CC(C)(C)[Si](O[C@H]1CC[C@H](n2cc(C(=O)Nc3ccncc3Cl)c(=O)c3cccnc32)CC1)(c1ccccc1)c1ccccc1. The van der Waals surface area contributed by atoms with Crippen molar-refractivity contribution in [2.75, 3.05) is 5.32 Å². The van der Waals surface area contributed by atoms with Gasteiger partial charge in [0, 0.05) is 36.9 Å². The first-order valence-corrected chi connectivity index (χ1v) is 17.7. The molecule has 0 atom stereocenters. The highest BCUT2D eigenvalue weighted by Gasteiger charge is 2.51. The summed E-state index contributed by atoms with van der Waals surface area (Å²) in [6, 6.07) is 26.6. The normalized spacial score (nSPS) is 17.2. The molecular formula is C36H37ClN4O3Si. The summed E-state index contributed by atoms with van der Waals surface area (Å²) in [6.45, 7) is 6.90. The first kappa shape index (κ1) is 30.9. The second kappa shape index (κ2) is 12.7. The molecule has 0 radical (unpaired) electrons. The van der Waals surface area contributed by atoms with E-state index in [2.05, 4.69) is 96.7 Å². The Balaban J connectivity index is 1.31. The van der Waals surface area contributed by atoms with E-state index in [1.807, 2.05) is 4.57 Å². The van der Waals surface area contributed by atoms with Gasteiger partial charge in [-0.1, -0.05) is 93.0 Å². The van der Waals surface area contributed by atoms with E-state index < -0.39 is 14.2 Å². The second-order valence-corrected chi connectivity index (χ2v) is 17.3. The molecule has 1 N–H and O–H groups in total. The van der Waals surface area contributed by atoms with E-state index in [0.717, 1.165) is 25.7 Å². The van der Waals surface area contributed by atoms with Crippen molar-refractivity contribution in [3.8, 4) is 0 Å². The van der Waals surface area contributed by atoms with Crippen molar-refractivity contribution in [3.05, 3.63) is 124 Å². The fourth-order valence-electron chi connectivity index (χ4n) is 6.67. The van der Waals surface area contributed by atoms with E-state index in [-0.39, 0.29) is 28.2 Å².